The van der Waals surface area contributed by atoms with Crippen LogP contribution in [0.2, 0.25) is 0 Å². The lowest BCUT2D eigenvalue weighted by Crippen LogP contribution is -2.47. The topological polar surface area (TPSA) is 106 Å². The normalized spacial score (nSPS) is 11.6. The lowest BCUT2D eigenvalue weighted by molar-refractivity contribution is -0.908. The van der Waals surface area contributed by atoms with Crippen molar-refractivity contribution in [1.82, 2.24) is 16.0 Å². The summed E-state index contributed by atoms with van der Waals surface area (Å²) in [6.07, 6.45) is -3.22. The van der Waals surface area contributed by atoms with Crippen molar-refractivity contribution in [3.8, 4) is 0 Å². The van der Waals surface area contributed by atoms with Crippen molar-refractivity contribution in [3.05, 3.63) is 0 Å². The van der Waals surface area contributed by atoms with Crippen molar-refractivity contribution in [2.24, 2.45) is 0 Å². The monoisotopic (exact) mass is 623 g/mol. The first-order valence-electron chi connectivity index (χ1n) is 12.7. The highest BCUT2D eigenvalue weighted by atomic mass is 79.9. The minimum absolute atomic E-state index is 0.0678. The van der Waals surface area contributed by atoms with Gasteiger partial charge in [-0.25, -0.2) is 9.59 Å². The van der Waals surface area contributed by atoms with Crippen LogP contribution in [-0.2, 0) is 14.3 Å². The Bertz CT molecular complexity index is 631. The number of carbonyl (C=O) groups excluding carboxylic acids is 3. The van der Waals surface area contributed by atoms with Gasteiger partial charge in [-0.05, 0) is 60.7 Å². The number of halogens is 4. The first kappa shape index (κ1) is 40.7. The Morgan fingerprint density at radius 3 is 1.37 bits per heavy atom. The fourth-order valence-electron chi connectivity index (χ4n) is 2.70. The molecule has 0 aromatic heterocycles. The van der Waals surface area contributed by atoms with Crippen molar-refractivity contribution < 1.29 is 41.5 Å². The van der Waals surface area contributed by atoms with Crippen LogP contribution in [-0.4, -0.2) is 92.1 Å². The number of alkyl carbamates (subject to hydrolysis) is 2. The van der Waals surface area contributed by atoms with Gasteiger partial charge >= 0.3 is 24.3 Å². The molecule has 0 unspecified atom stereocenters. The summed E-state index contributed by atoms with van der Waals surface area (Å²) in [5.41, 5.74) is -0.946. The van der Waals surface area contributed by atoms with Gasteiger partial charge < -0.3 is 29.9 Å². The number of nitrogens with zero attached hydrogens (tertiary/aromatic N) is 1. The molecular formula is C25H51BrF3N4O5+. The molecule has 3 amide bonds. The zero-order valence-corrected chi connectivity index (χ0v) is 26.5. The summed E-state index contributed by atoms with van der Waals surface area (Å²) in [7, 11) is 2.20. The molecule has 0 rings (SSSR count). The minimum atomic E-state index is -4.74. The Kier molecular flexibility index (Phi) is 21.6. The zero-order chi connectivity index (χ0) is 30.6. The van der Waals surface area contributed by atoms with E-state index < -0.39 is 23.3 Å². The average molecular weight is 625 g/mol. The Morgan fingerprint density at radius 1 is 0.737 bits per heavy atom. The molecule has 0 aliphatic rings. The molecule has 38 heavy (non-hydrogen) atoms. The van der Waals surface area contributed by atoms with Crippen LogP contribution in [0.4, 0.5) is 22.8 Å². The Labute approximate surface area is 235 Å². The second-order valence-electron chi connectivity index (χ2n) is 10.7. The van der Waals surface area contributed by atoms with E-state index in [2.05, 4.69) is 40.5 Å². The quantitative estimate of drug-likeness (QED) is 0.163. The molecule has 228 valence electrons. The molecule has 0 fully saturated rings. The predicted octanol–water partition coefficient (Wildman–Crippen LogP) is 5.37. The smallest absolute Gasteiger partial charge is 0.444 e. The number of amides is 3. The van der Waals surface area contributed by atoms with E-state index in [9.17, 15) is 27.6 Å². The summed E-state index contributed by atoms with van der Waals surface area (Å²) in [6.45, 7) is 19.1. The van der Waals surface area contributed by atoms with Crippen molar-refractivity contribution in [1.29, 1.82) is 0 Å². The van der Waals surface area contributed by atoms with Crippen molar-refractivity contribution >= 4 is 34.0 Å². The fraction of sp³-hybridized carbons (Fsp3) is 0.880. The first-order valence-corrected chi connectivity index (χ1v) is 14.3. The molecular weight excluding hydrogens is 573 g/mol. The van der Waals surface area contributed by atoms with Crippen LogP contribution in [0.3, 0.4) is 0 Å². The van der Waals surface area contributed by atoms with Gasteiger partial charge in [0.1, 0.15) is 11.2 Å². The van der Waals surface area contributed by atoms with Gasteiger partial charge in [-0.3, -0.25) is 4.79 Å². The van der Waals surface area contributed by atoms with Crippen LogP contribution in [0, 0.1) is 0 Å². The van der Waals surface area contributed by atoms with Gasteiger partial charge in [0, 0.05) is 32.5 Å². The molecule has 0 aromatic carbocycles. The summed E-state index contributed by atoms with van der Waals surface area (Å²) >= 11 is 2.94. The summed E-state index contributed by atoms with van der Waals surface area (Å²) in [5.74, 6) is -0.0538. The van der Waals surface area contributed by atoms with Gasteiger partial charge in [0.15, 0.2) is 0 Å². The van der Waals surface area contributed by atoms with Crippen LogP contribution in [0.25, 0.3) is 0 Å². The van der Waals surface area contributed by atoms with E-state index in [4.69, 9.17) is 9.47 Å². The number of rotatable bonds is 11. The van der Waals surface area contributed by atoms with E-state index in [0.29, 0.717) is 19.5 Å². The number of ether oxygens (including phenoxy) is 2. The molecule has 0 saturated carbocycles. The lowest BCUT2D eigenvalue weighted by atomic mass is 10.2. The lowest BCUT2D eigenvalue weighted by Gasteiger charge is -2.33. The maximum Gasteiger partial charge on any atom is 0.471 e. The highest BCUT2D eigenvalue weighted by Crippen LogP contribution is 2.13. The summed E-state index contributed by atoms with van der Waals surface area (Å²) in [6, 6.07) is 0. The van der Waals surface area contributed by atoms with Crippen LogP contribution in [0.15, 0.2) is 0 Å². The molecule has 0 spiro atoms. The number of quaternary nitrogens is 1. The summed E-state index contributed by atoms with van der Waals surface area (Å²) < 4.78 is 45.4. The van der Waals surface area contributed by atoms with Gasteiger partial charge in [-0.2, -0.15) is 13.2 Å². The molecule has 0 aromatic rings. The molecule has 0 aliphatic carbocycles. The Morgan fingerprint density at radius 2 is 1.11 bits per heavy atom. The third-order valence-electron chi connectivity index (χ3n) is 4.64. The van der Waals surface area contributed by atoms with Crippen LogP contribution in [0.5, 0.6) is 0 Å². The number of alkyl halides is 4. The average Bonchev–Trinajstić information content (AvgIpc) is 2.77. The van der Waals surface area contributed by atoms with Crippen molar-refractivity contribution in [2.75, 3.05) is 52.1 Å². The van der Waals surface area contributed by atoms with Crippen molar-refractivity contribution in [3.63, 3.8) is 0 Å². The minimum Gasteiger partial charge on any atom is -0.444 e. The second-order valence-corrected chi connectivity index (χ2v) is 10.7. The summed E-state index contributed by atoms with van der Waals surface area (Å²) in [5, 5.41) is 7.30. The number of carbonyl (C=O) groups is 3. The summed E-state index contributed by atoms with van der Waals surface area (Å²) in [4.78, 5) is 33.3. The van der Waals surface area contributed by atoms with Gasteiger partial charge in [-0.15, -0.1) is 0 Å². The van der Waals surface area contributed by atoms with Gasteiger partial charge in [0.2, 0.25) is 0 Å². The van der Waals surface area contributed by atoms with Gasteiger partial charge in [-0.1, -0.05) is 22.9 Å². The number of hydrogen-bond acceptors (Lipinski definition) is 5. The van der Waals surface area contributed by atoms with E-state index in [1.807, 2.05) is 47.4 Å². The Balaban J connectivity index is -0.000000851. The van der Waals surface area contributed by atoms with E-state index in [1.54, 1.807) is 12.2 Å². The van der Waals surface area contributed by atoms with Gasteiger partial charge in [0.05, 0.1) is 26.7 Å². The van der Waals surface area contributed by atoms with Crippen molar-refractivity contribution in [2.45, 2.75) is 92.0 Å². The van der Waals surface area contributed by atoms with E-state index >= 15 is 0 Å². The first-order chi connectivity index (χ1) is 17.2. The number of nitrogens with one attached hydrogen (secondary N) is 3. The molecule has 13 heteroatoms. The molecule has 0 aliphatic heterocycles. The maximum atomic E-state index is 11.6. The van der Waals surface area contributed by atoms with Crippen LogP contribution >= 0.6 is 15.9 Å². The molecule has 3 N–H and O–H groups in total. The Hall–Kier alpha value is -1.76. The van der Waals surface area contributed by atoms with Crippen LogP contribution in [0.1, 0.15) is 74.7 Å². The fourth-order valence-corrected chi connectivity index (χ4v) is 2.70. The maximum absolute atomic E-state index is 11.6. The molecule has 0 saturated heterocycles. The van der Waals surface area contributed by atoms with E-state index in [1.165, 1.54) is 0 Å². The van der Waals surface area contributed by atoms with Crippen LogP contribution < -0.4 is 16.0 Å². The SMILES string of the molecule is CBr.CCCNC(=O)C(F)(F)F.CC[N+](C)(CCCNC(=O)OC(C)(C)C)CCCNC(=O)OC(C)(C)C. The number of hydrogen-bond donors (Lipinski definition) is 3. The molecule has 9 nitrogen and oxygen atoms in total. The third-order valence-corrected chi connectivity index (χ3v) is 4.64. The predicted molar refractivity (Wildman–Crippen MR) is 148 cm³/mol. The standard InChI is InChI=1S/C19H39N3O4.C5H8F3NO.CH3Br/c1-9-22(8,14-10-12-20-16(23)25-18(2,3)4)15-11-13-21-17(24)26-19(5,6)7;1-2-3-9-4(10)5(6,7)8;1-2/h9-15H2,1-8H3,(H-,20,21,23,24);2-3H2,1H3,(H,9,10);1H3/p+1. The van der Waals surface area contributed by atoms with E-state index in [0.717, 1.165) is 37.0 Å². The second kappa shape index (κ2) is 20.2. The molecule has 0 radical (unpaired) electrons. The third kappa shape index (κ3) is 27.3. The van der Waals surface area contributed by atoms with Gasteiger partial charge in [0.25, 0.3) is 0 Å². The largest absolute Gasteiger partial charge is 0.471 e. The highest BCUT2D eigenvalue weighted by Gasteiger charge is 2.38. The highest BCUT2D eigenvalue weighted by molar-refractivity contribution is 9.08. The molecule has 0 atom stereocenters. The molecule has 0 bridgehead atoms. The molecule has 0 heterocycles. The van der Waals surface area contributed by atoms with E-state index in [-0.39, 0.29) is 18.7 Å². The zero-order valence-electron chi connectivity index (χ0n) is 24.9.